The van der Waals surface area contributed by atoms with Gasteiger partial charge in [-0.2, -0.15) is 5.10 Å². The van der Waals surface area contributed by atoms with Gasteiger partial charge in [0.1, 0.15) is 0 Å². The fourth-order valence-corrected chi connectivity index (χ4v) is 2.93. The Balaban J connectivity index is 1.67. The van der Waals surface area contributed by atoms with Crippen LogP contribution in [0.5, 0.6) is 23.0 Å². The second kappa shape index (κ2) is 11.0. The lowest BCUT2D eigenvalue weighted by Crippen LogP contribution is -2.17. The highest BCUT2D eigenvalue weighted by Crippen LogP contribution is 2.29. The molecule has 3 aromatic rings. The van der Waals surface area contributed by atoms with Gasteiger partial charge in [0.2, 0.25) is 0 Å². The van der Waals surface area contributed by atoms with Crippen LogP contribution >= 0.6 is 11.6 Å². The van der Waals surface area contributed by atoms with Gasteiger partial charge in [-0.15, -0.1) is 0 Å². The molecule has 170 valence electrons. The molecule has 3 rings (SSSR count). The lowest BCUT2D eigenvalue weighted by atomic mass is 10.2. The quantitative estimate of drug-likeness (QED) is 0.228. The number of carbonyl (C=O) groups is 2. The first-order chi connectivity index (χ1) is 15.9. The molecule has 0 saturated carbocycles. The molecule has 9 heteroatoms. The number of benzene rings is 3. The van der Waals surface area contributed by atoms with E-state index in [2.05, 4.69) is 10.5 Å². The summed E-state index contributed by atoms with van der Waals surface area (Å²) in [6.45, 7) is 0. The molecule has 0 saturated heterocycles. The summed E-state index contributed by atoms with van der Waals surface area (Å²) in [4.78, 5) is 24.7. The maximum atomic E-state index is 12.3. The van der Waals surface area contributed by atoms with Gasteiger partial charge in [0, 0.05) is 10.6 Å². The van der Waals surface area contributed by atoms with Crippen LogP contribution in [0.15, 0.2) is 65.8 Å². The Labute approximate surface area is 195 Å². The van der Waals surface area contributed by atoms with Gasteiger partial charge in [0.05, 0.1) is 33.1 Å². The van der Waals surface area contributed by atoms with Gasteiger partial charge in [0.25, 0.3) is 5.91 Å². The van der Waals surface area contributed by atoms with Gasteiger partial charge in [-0.25, -0.2) is 10.2 Å². The van der Waals surface area contributed by atoms with Crippen molar-refractivity contribution < 1.29 is 28.5 Å². The van der Waals surface area contributed by atoms with Crippen LogP contribution < -0.4 is 24.4 Å². The van der Waals surface area contributed by atoms with E-state index in [9.17, 15) is 9.59 Å². The molecule has 1 N–H and O–H groups in total. The van der Waals surface area contributed by atoms with E-state index in [1.165, 1.54) is 27.5 Å². The minimum Gasteiger partial charge on any atom is -0.493 e. The molecule has 0 aliphatic carbocycles. The summed E-state index contributed by atoms with van der Waals surface area (Å²) in [5, 5.41) is 4.48. The van der Waals surface area contributed by atoms with E-state index in [4.69, 9.17) is 30.5 Å². The van der Waals surface area contributed by atoms with Gasteiger partial charge in [0.15, 0.2) is 23.0 Å². The van der Waals surface area contributed by atoms with Gasteiger partial charge in [-0.05, 0) is 66.2 Å². The van der Waals surface area contributed by atoms with Crippen LogP contribution in [0.1, 0.15) is 26.3 Å². The van der Waals surface area contributed by atoms with E-state index < -0.39 is 11.9 Å². The van der Waals surface area contributed by atoms with Gasteiger partial charge < -0.3 is 18.9 Å². The van der Waals surface area contributed by atoms with Crippen LogP contribution in [0.25, 0.3) is 0 Å². The molecule has 0 spiro atoms. The third-order valence-electron chi connectivity index (χ3n) is 4.50. The third-order valence-corrected chi connectivity index (χ3v) is 4.75. The van der Waals surface area contributed by atoms with Crippen LogP contribution in [-0.4, -0.2) is 39.4 Å². The van der Waals surface area contributed by atoms with Gasteiger partial charge >= 0.3 is 5.97 Å². The Hall–Kier alpha value is -4.04. The van der Waals surface area contributed by atoms with Crippen LogP contribution in [0.4, 0.5) is 0 Å². The molecule has 0 unspecified atom stereocenters. The van der Waals surface area contributed by atoms with Gasteiger partial charge in [-0.1, -0.05) is 11.6 Å². The summed E-state index contributed by atoms with van der Waals surface area (Å²) >= 11 is 5.84. The summed E-state index contributed by atoms with van der Waals surface area (Å²) < 4.78 is 21.1. The summed E-state index contributed by atoms with van der Waals surface area (Å²) in [6, 6.07) is 16.0. The van der Waals surface area contributed by atoms with E-state index in [1.807, 2.05) is 0 Å². The van der Waals surface area contributed by atoms with Crippen molar-refractivity contribution in [2.75, 3.05) is 21.3 Å². The molecule has 0 radical (unpaired) electrons. The molecular formula is C24H21ClN2O6. The first-order valence-corrected chi connectivity index (χ1v) is 10.0. The van der Waals surface area contributed by atoms with Crippen molar-refractivity contribution in [3.8, 4) is 23.0 Å². The molecule has 33 heavy (non-hydrogen) atoms. The standard InChI is InChI=1S/C24H21ClN2O6/c1-30-19-11-7-17(13-22(19)32-3)23(28)27-26-14-15-4-10-20(21(12-15)31-2)33-24(29)16-5-8-18(25)9-6-16/h4-14H,1-3H3,(H,27,28)/b26-14-. The minimum absolute atomic E-state index is 0.240. The SMILES string of the molecule is COc1ccc(C(=O)N/N=C\c2ccc(OC(=O)c3ccc(Cl)cc3)c(OC)c2)cc1OC. The van der Waals surface area contributed by atoms with E-state index in [1.54, 1.807) is 60.7 Å². The van der Waals surface area contributed by atoms with Gasteiger partial charge in [-0.3, -0.25) is 4.79 Å². The predicted octanol–water partition coefficient (Wildman–Crippen LogP) is 4.35. The van der Waals surface area contributed by atoms with E-state index >= 15 is 0 Å². The number of esters is 1. The lowest BCUT2D eigenvalue weighted by molar-refractivity contribution is 0.0729. The number of carbonyl (C=O) groups excluding carboxylic acids is 2. The van der Waals surface area contributed by atoms with Crippen molar-refractivity contribution in [3.05, 3.63) is 82.4 Å². The van der Waals surface area contributed by atoms with Crippen LogP contribution in [-0.2, 0) is 0 Å². The average Bonchev–Trinajstić information content (AvgIpc) is 2.84. The molecule has 0 aliphatic rings. The number of ether oxygens (including phenoxy) is 4. The fraction of sp³-hybridized carbons (Fsp3) is 0.125. The van der Waals surface area contributed by atoms with Crippen LogP contribution in [0, 0.1) is 0 Å². The topological polar surface area (TPSA) is 95.5 Å². The molecule has 0 fully saturated rings. The molecule has 0 aliphatic heterocycles. The zero-order chi connectivity index (χ0) is 23.8. The molecule has 8 nitrogen and oxygen atoms in total. The molecule has 3 aromatic carbocycles. The van der Waals surface area contributed by atoms with Crippen molar-refractivity contribution in [1.29, 1.82) is 0 Å². The van der Waals surface area contributed by atoms with E-state index in [0.717, 1.165) is 0 Å². The Morgan fingerprint density at radius 3 is 2.06 bits per heavy atom. The van der Waals surface area contributed by atoms with Crippen molar-refractivity contribution in [2.45, 2.75) is 0 Å². The molecule has 0 aromatic heterocycles. The number of rotatable bonds is 8. The van der Waals surface area contributed by atoms with Crippen LogP contribution in [0.3, 0.4) is 0 Å². The Kier molecular flexibility index (Phi) is 7.88. The first-order valence-electron chi connectivity index (χ1n) is 9.66. The number of methoxy groups -OCH3 is 3. The summed E-state index contributed by atoms with van der Waals surface area (Å²) in [5.41, 5.74) is 3.77. The largest absolute Gasteiger partial charge is 0.493 e. The Morgan fingerprint density at radius 2 is 1.39 bits per heavy atom. The number of hydrogen-bond donors (Lipinski definition) is 1. The number of nitrogens with zero attached hydrogens (tertiary/aromatic N) is 1. The summed E-state index contributed by atoms with van der Waals surface area (Å²) in [6.07, 6.45) is 1.44. The highest BCUT2D eigenvalue weighted by molar-refractivity contribution is 6.30. The summed E-state index contributed by atoms with van der Waals surface area (Å²) in [5.74, 6) is 0.543. The molecule has 0 heterocycles. The number of nitrogens with one attached hydrogen (secondary N) is 1. The molecule has 0 bridgehead atoms. The maximum Gasteiger partial charge on any atom is 0.343 e. The Morgan fingerprint density at radius 1 is 0.788 bits per heavy atom. The second-order valence-electron chi connectivity index (χ2n) is 6.58. The molecule has 1 amide bonds. The van der Waals surface area contributed by atoms with E-state index in [-0.39, 0.29) is 5.75 Å². The van der Waals surface area contributed by atoms with Crippen molar-refractivity contribution >= 4 is 29.7 Å². The smallest absolute Gasteiger partial charge is 0.343 e. The number of halogens is 1. The minimum atomic E-state index is -0.548. The monoisotopic (exact) mass is 468 g/mol. The van der Waals surface area contributed by atoms with E-state index in [0.29, 0.717) is 39.0 Å². The fourth-order valence-electron chi connectivity index (χ4n) is 2.80. The normalized spacial score (nSPS) is 10.5. The lowest BCUT2D eigenvalue weighted by Gasteiger charge is -2.10. The molecule has 0 atom stereocenters. The predicted molar refractivity (Wildman–Crippen MR) is 124 cm³/mol. The Bertz CT molecular complexity index is 1180. The third kappa shape index (κ3) is 6.02. The second-order valence-corrected chi connectivity index (χ2v) is 7.01. The zero-order valence-electron chi connectivity index (χ0n) is 18.1. The van der Waals surface area contributed by atoms with Crippen molar-refractivity contribution in [1.82, 2.24) is 5.43 Å². The van der Waals surface area contributed by atoms with Crippen molar-refractivity contribution in [3.63, 3.8) is 0 Å². The summed E-state index contributed by atoms with van der Waals surface area (Å²) in [7, 11) is 4.45. The van der Waals surface area contributed by atoms with Crippen LogP contribution in [0.2, 0.25) is 5.02 Å². The maximum absolute atomic E-state index is 12.3. The highest BCUT2D eigenvalue weighted by atomic mass is 35.5. The number of hydrogen-bond acceptors (Lipinski definition) is 7. The number of amides is 1. The first kappa shape index (κ1) is 23.6. The zero-order valence-corrected chi connectivity index (χ0v) is 18.9. The highest BCUT2D eigenvalue weighted by Gasteiger charge is 2.13. The number of hydrazone groups is 1. The molecular weight excluding hydrogens is 448 g/mol. The average molecular weight is 469 g/mol. The van der Waals surface area contributed by atoms with Crippen molar-refractivity contribution in [2.24, 2.45) is 5.10 Å².